The highest BCUT2D eigenvalue weighted by Crippen LogP contribution is 2.37. The molecule has 0 saturated heterocycles. The average molecular weight is 297 g/mol. The molecule has 1 unspecified atom stereocenters. The molecule has 0 radical (unpaired) electrons. The lowest BCUT2D eigenvalue weighted by molar-refractivity contribution is -0.139. The molecular formula is C15H23NO5. The molecular weight excluding hydrogens is 274 g/mol. The first-order valence-corrected chi connectivity index (χ1v) is 6.70. The fourth-order valence-corrected chi connectivity index (χ4v) is 1.96. The zero-order valence-electron chi connectivity index (χ0n) is 13.1. The second-order valence-electron chi connectivity index (χ2n) is 5.02. The van der Waals surface area contributed by atoms with Crippen molar-refractivity contribution in [1.29, 1.82) is 0 Å². The minimum absolute atomic E-state index is 0.331. The third kappa shape index (κ3) is 4.26. The number of carboxylic acids is 1. The number of rotatable bonds is 8. The number of hydrogen-bond donors (Lipinski definition) is 2. The monoisotopic (exact) mass is 297 g/mol. The summed E-state index contributed by atoms with van der Waals surface area (Å²) < 4.78 is 15.7. The number of carboxylic acid groups (broad SMARTS) is 1. The van der Waals surface area contributed by atoms with Gasteiger partial charge in [0.2, 0.25) is 0 Å². The molecule has 6 nitrogen and oxygen atoms in total. The van der Waals surface area contributed by atoms with Gasteiger partial charge in [0.25, 0.3) is 0 Å². The molecule has 1 aromatic rings. The molecule has 2 N–H and O–H groups in total. The summed E-state index contributed by atoms with van der Waals surface area (Å²) >= 11 is 0. The van der Waals surface area contributed by atoms with E-state index in [0.717, 1.165) is 0 Å². The number of nitrogens with one attached hydrogen (secondary N) is 1. The van der Waals surface area contributed by atoms with Crippen molar-refractivity contribution in [2.24, 2.45) is 5.92 Å². The summed E-state index contributed by atoms with van der Waals surface area (Å²) in [5.41, 5.74) is 0.503. The highest BCUT2D eigenvalue weighted by Gasteiger charge is 2.25. The van der Waals surface area contributed by atoms with Gasteiger partial charge in [0.05, 0.1) is 21.3 Å². The molecule has 118 valence electrons. The minimum atomic E-state index is -0.971. The van der Waals surface area contributed by atoms with Crippen molar-refractivity contribution in [2.45, 2.75) is 19.9 Å². The van der Waals surface area contributed by atoms with Gasteiger partial charge in [-0.1, -0.05) is 13.8 Å². The van der Waals surface area contributed by atoms with E-state index in [9.17, 15) is 9.90 Å². The summed E-state index contributed by atoms with van der Waals surface area (Å²) in [5, 5.41) is 12.5. The summed E-state index contributed by atoms with van der Waals surface area (Å²) in [6, 6.07) is 2.38. The Bertz CT molecular complexity index is 487. The van der Waals surface area contributed by atoms with Crippen molar-refractivity contribution >= 4 is 5.97 Å². The van der Waals surface area contributed by atoms with Crippen LogP contribution >= 0.6 is 0 Å². The van der Waals surface area contributed by atoms with Gasteiger partial charge in [-0.05, 0) is 18.5 Å². The van der Waals surface area contributed by atoms with E-state index in [-0.39, 0.29) is 0 Å². The zero-order chi connectivity index (χ0) is 16.0. The van der Waals surface area contributed by atoms with Crippen LogP contribution in [0.3, 0.4) is 0 Å². The summed E-state index contributed by atoms with van der Waals surface area (Å²) in [6.07, 6.45) is 0. The molecule has 0 aromatic heterocycles. The molecule has 0 bridgehead atoms. The lowest BCUT2D eigenvalue weighted by Gasteiger charge is -2.20. The fraction of sp³-hybridized carbons (Fsp3) is 0.533. The van der Waals surface area contributed by atoms with Crippen LogP contribution in [-0.4, -0.2) is 38.9 Å². The Morgan fingerprint density at radius 3 is 2.05 bits per heavy atom. The molecule has 1 atom stereocenters. The SMILES string of the molecule is COc1cc(OC)c(C(NCC(C)C)C(=O)O)cc1OC. The van der Waals surface area contributed by atoms with Gasteiger partial charge in [-0.3, -0.25) is 4.79 Å². The predicted octanol–water partition coefficient (Wildman–Crippen LogP) is 2.08. The van der Waals surface area contributed by atoms with Gasteiger partial charge in [-0.25, -0.2) is 0 Å². The molecule has 21 heavy (non-hydrogen) atoms. The fourth-order valence-electron chi connectivity index (χ4n) is 1.96. The van der Waals surface area contributed by atoms with Crippen molar-refractivity contribution < 1.29 is 24.1 Å². The highest BCUT2D eigenvalue weighted by molar-refractivity contribution is 5.77. The van der Waals surface area contributed by atoms with Crippen LogP contribution in [0.1, 0.15) is 25.5 Å². The van der Waals surface area contributed by atoms with Crippen LogP contribution in [0.2, 0.25) is 0 Å². The van der Waals surface area contributed by atoms with Crippen molar-refractivity contribution in [1.82, 2.24) is 5.32 Å². The molecule has 0 heterocycles. The van der Waals surface area contributed by atoms with Gasteiger partial charge in [0.15, 0.2) is 11.5 Å². The van der Waals surface area contributed by atoms with Crippen molar-refractivity contribution in [3.63, 3.8) is 0 Å². The quantitative estimate of drug-likeness (QED) is 0.765. The van der Waals surface area contributed by atoms with Gasteiger partial charge >= 0.3 is 5.97 Å². The zero-order valence-corrected chi connectivity index (χ0v) is 13.1. The first-order valence-electron chi connectivity index (χ1n) is 6.70. The standard InChI is InChI=1S/C15H23NO5/c1-9(2)8-16-14(15(17)18)10-6-12(20-4)13(21-5)7-11(10)19-3/h6-7,9,14,16H,8H2,1-5H3,(H,17,18). The van der Waals surface area contributed by atoms with Gasteiger partial charge in [-0.2, -0.15) is 0 Å². The maximum Gasteiger partial charge on any atom is 0.325 e. The number of aliphatic carboxylic acids is 1. The second kappa shape index (κ2) is 7.73. The molecule has 0 amide bonds. The number of ether oxygens (including phenoxy) is 3. The molecule has 0 aliphatic carbocycles. The molecule has 1 rings (SSSR count). The van der Waals surface area contributed by atoms with Crippen molar-refractivity contribution in [3.05, 3.63) is 17.7 Å². The van der Waals surface area contributed by atoms with E-state index in [4.69, 9.17) is 14.2 Å². The lowest BCUT2D eigenvalue weighted by atomic mass is 10.0. The van der Waals surface area contributed by atoms with E-state index in [2.05, 4.69) is 5.32 Å². The first kappa shape index (κ1) is 17.1. The third-order valence-corrected chi connectivity index (χ3v) is 3.02. The van der Waals surface area contributed by atoms with Crippen LogP contribution in [0.5, 0.6) is 17.2 Å². The van der Waals surface area contributed by atoms with Crippen molar-refractivity contribution in [2.75, 3.05) is 27.9 Å². The molecule has 0 spiro atoms. The predicted molar refractivity (Wildman–Crippen MR) is 79.3 cm³/mol. The smallest absolute Gasteiger partial charge is 0.325 e. The van der Waals surface area contributed by atoms with Gasteiger partial charge in [0.1, 0.15) is 11.8 Å². The Balaban J connectivity index is 3.25. The number of hydrogen-bond acceptors (Lipinski definition) is 5. The van der Waals surface area contributed by atoms with Gasteiger partial charge in [0, 0.05) is 11.6 Å². The van der Waals surface area contributed by atoms with Crippen molar-refractivity contribution in [3.8, 4) is 17.2 Å². The molecule has 0 fully saturated rings. The summed E-state index contributed by atoms with van der Waals surface area (Å²) in [7, 11) is 4.51. The Morgan fingerprint density at radius 1 is 1.10 bits per heavy atom. The summed E-state index contributed by atoms with van der Waals surface area (Å²) in [4.78, 5) is 11.5. The van der Waals surface area contributed by atoms with Gasteiger partial charge < -0.3 is 24.6 Å². The molecule has 0 aliphatic heterocycles. The number of methoxy groups -OCH3 is 3. The van der Waals surface area contributed by atoms with E-state index in [1.165, 1.54) is 21.3 Å². The van der Waals surface area contributed by atoms with E-state index < -0.39 is 12.0 Å². The van der Waals surface area contributed by atoms with E-state index in [0.29, 0.717) is 35.3 Å². The first-order chi connectivity index (χ1) is 9.94. The van der Waals surface area contributed by atoms with Crippen LogP contribution < -0.4 is 19.5 Å². The Kier molecular flexibility index (Phi) is 6.30. The maximum atomic E-state index is 11.5. The molecule has 0 saturated carbocycles. The summed E-state index contributed by atoms with van der Waals surface area (Å²) in [5.74, 6) is 0.757. The number of benzene rings is 1. The van der Waals surface area contributed by atoms with Crippen LogP contribution in [0.15, 0.2) is 12.1 Å². The lowest BCUT2D eigenvalue weighted by Crippen LogP contribution is -2.31. The van der Waals surface area contributed by atoms with Gasteiger partial charge in [-0.15, -0.1) is 0 Å². The van der Waals surface area contributed by atoms with Crippen LogP contribution in [0.4, 0.5) is 0 Å². The third-order valence-electron chi connectivity index (χ3n) is 3.02. The van der Waals surface area contributed by atoms with E-state index in [1.54, 1.807) is 12.1 Å². The number of carbonyl (C=O) groups is 1. The maximum absolute atomic E-state index is 11.5. The topological polar surface area (TPSA) is 77.0 Å². The average Bonchev–Trinajstić information content (AvgIpc) is 2.45. The van der Waals surface area contributed by atoms with Crippen LogP contribution in [-0.2, 0) is 4.79 Å². The minimum Gasteiger partial charge on any atom is -0.496 e. The van der Waals surface area contributed by atoms with E-state index in [1.807, 2.05) is 13.8 Å². The normalized spacial score (nSPS) is 12.1. The Hall–Kier alpha value is -1.95. The highest BCUT2D eigenvalue weighted by atomic mass is 16.5. The molecule has 0 aliphatic rings. The second-order valence-corrected chi connectivity index (χ2v) is 5.02. The molecule has 6 heteroatoms. The van der Waals surface area contributed by atoms with Crippen LogP contribution in [0, 0.1) is 5.92 Å². The summed E-state index contributed by atoms with van der Waals surface area (Å²) in [6.45, 7) is 4.60. The Morgan fingerprint density at radius 2 is 1.62 bits per heavy atom. The molecule has 1 aromatic carbocycles. The largest absolute Gasteiger partial charge is 0.496 e. The Labute approximate surface area is 125 Å². The van der Waals surface area contributed by atoms with E-state index >= 15 is 0 Å². The van der Waals surface area contributed by atoms with Crippen LogP contribution in [0.25, 0.3) is 0 Å².